The van der Waals surface area contributed by atoms with Gasteiger partial charge in [0.15, 0.2) is 0 Å². The Bertz CT molecular complexity index is 966. The molecule has 0 spiro atoms. The van der Waals surface area contributed by atoms with Gasteiger partial charge < -0.3 is 9.64 Å². The predicted molar refractivity (Wildman–Crippen MR) is 127 cm³/mol. The van der Waals surface area contributed by atoms with E-state index in [0.717, 1.165) is 49.6 Å². The fraction of sp³-hybridized carbons (Fsp3) is 0.296. The van der Waals surface area contributed by atoms with Gasteiger partial charge in [-0.2, -0.15) is 0 Å². The normalized spacial score (nSPS) is 15.5. The Labute approximate surface area is 185 Å². The number of rotatable bonds is 7. The molecule has 4 rings (SSSR count). The van der Waals surface area contributed by atoms with Crippen LogP contribution in [0.4, 0.5) is 0 Å². The monoisotopic (exact) mass is 413 g/mol. The summed E-state index contributed by atoms with van der Waals surface area (Å²) >= 11 is 0. The summed E-state index contributed by atoms with van der Waals surface area (Å²) in [5.41, 5.74) is 3.45. The maximum absolute atomic E-state index is 8.71. The van der Waals surface area contributed by atoms with E-state index in [1.54, 1.807) is 0 Å². The molecular weight excluding hydrogens is 382 g/mol. The van der Waals surface area contributed by atoms with Crippen LogP contribution in [-0.2, 0) is 6.61 Å². The fourth-order valence-corrected chi connectivity index (χ4v) is 4.08. The highest BCUT2D eigenvalue weighted by Gasteiger charge is 2.21. The Morgan fingerprint density at radius 3 is 2.26 bits per heavy atom. The summed E-state index contributed by atoms with van der Waals surface area (Å²) < 4.78 is 5.95. The maximum Gasteiger partial charge on any atom is 0.128 e. The van der Waals surface area contributed by atoms with Crippen molar-refractivity contribution in [2.75, 3.05) is 32.7 Å². The van der Waals surface area contributed by atoms with Crippen LogP contribution in [-0.4, -0.2) is 48.4 Å². The van der Waals surface area contributed by atoms with Crippen LogP contribution in [0, 0.1) is 5.41 Å². The Hall–Kier alpha value is -3.11. The lowest BCUT2D eigenvalue weighted by molar-refractivity contribution is 0.175. The van der Waals surface area contributed by atoms with Crippen LogP contribution in [0.5, 0.6) is 5.75 Å². The van der Waals surface area contributed by atoms with Crippen molar-refractivity contribution in [3.8, 4) is 5.75 Å². The van der Waals surface area contributed by atoms with Gasteiger partial charge in [0.25, 0.3) is 0 Å². The average Bonchev–Trinajstić information content (AvgIpc) is 2.84. The lowest BCUT2D eigenvalue weighted by Crippen LogP contribution is -2.49. The molecule has 160 valence electrons. The maximum atomic E-state index is 8.71. The van der Waals surface area contributed by atoms with E-state index in [1.807, 2.05) is 42.5 Å². The minimum absolute atomic E-state index is 0.519. The van der Waals surface area contributed by atoms with Gasteiger partial charge in [-0.25, -0.2) is 0 Å². The highest BCUT2D eigenvalue weighted by Crippen LogP contribution is 2.19. The van der Waals surface area contributed by atoms with Gasteiger partial charge in [0.05, 0.1) is 0 Å². The van der Waals surface area contributed by atoms with Crippen LogP contribution < -0.4 is 4.74 Å². The molecule has 31 heavy (non-hydrogen) atoms. The molecule has 0 saturated carbocycles. The SMILES string of the molecule is CC(CN1CCN(C(=N)c2cccc(OCc3ccccc3)c2)CC1)c1ccccc1. The predicted octanol–water partition coefficient (Wildman–Crippen LogP) is 5.01. The van der Waals surface area contributed by atoms with Gasteiger partial charge in [-0.3, -0.25) is 10.3 Å². The second-order valence-electron chi connectivity index (χ2n) is 8.25. The Morgan fingerprint density at radius 2 is 1.55 bits per heavy atom. The zero-order chi connectivity index (χ0) is 21.5. The van der Waals surface area contributed by atoms with Crippen LogP contribution in [0.2, 0.25) is 0 Å². The molecule has 0 radical (unpaired) electrons. The standard InChI is InChI=1S/C27H31N3O/c1-22(24-11-6-3-7-12-24)20-29-15-17-30(18-16-29)27(28)25-13-8-14-26(19-25)31-21-23-9-4-2-5-10-23/h2-14,19,22,28H,15-18,20-21H2,1H3. The highest BCUT2D eigenvalue weighted by molar-refractivity contribution is 5.96. The largest absolute Gasteiger partial charge is 0.489 e. The van der Waals surface area contributed by atoms with Crippen LogP contribution >= 0.6 is 0 Å². The van der Waals surface area contributed by atoms with Crippen molar-refractivity contribution in [2.45, 2.75) is 19.4 Å². The lowest BCUT2D eigenvalue weighted by Gasteiger charge is -2.37. The van der Waals surface area contributed by atoms with Gasteiger partial charge in [-0.05, 0) is 29.2 Å². The number of nitrogens with zero attached hydrogens (tertiary/aromatic N) is 2. The van der Waals surface area contributed by atoms with Crippen molar-refractivity contribution < 1.29 is 4.74 Å². The molecule has 1 N–H and O–H groups in total. The topological polar surface area (TPSA) is 39.6 Å². The molecule has 1 saturated heterocycles. The zero-order valence-electron chi connectivity index (χ0n) is 18.2. The summed E-state index contributed by atoms with van der Waals surface area (Å²) in [4.78, 5) is 4.70. The second-order valence-corrected chi connectivity index (χ2v) is 8.25. The number of amidine groups is 1. The Balaban J connectivity index is 1.29. The third-order valence-electron chi connectivity index (χ3n) is 5.94. The molecule has 1 aliphatic heterocycles. The molecule has 4 nitrogen and oxygen atoms in total. The summed E-state index contributed by atoms with van der Waals surface area (Å²) in [7, 11) is 0. The van der Waals surface area contributed by atoms with E-state index >= 15 is 0 Å². The quantitative estimate of drug-likeness (QED) is 0.437. The molecular formula is C27H31N3O. The first-order valence-corrected chi connectivity index (χ1v) is 11.1. The molecule has 1 heterocycles. The van der Waals surface area contributed by atoms with Crippen LogP contribution in [0.15, 0.2) is 84.9 Å². The van der Waals surface area contributed by atoms with E-state index in [9.17, 15) is 0 Å². The number of benzene rings is 3. The summed E-state index contributed by atoms with van der Waals surface area (Å²) in [6, 6.07) is 28.8. The highest BCUT2D eigenvalue weighted by atomic mass is 16.5. The van der Waals surface area contributed by atoms with E-state index in [0.29, 0.717) is 18.4 Å². The van der Waals surface area contributed by atoms with Gasteiger partial charge in [0, 0.05) is 38.3 Å². The van der Waals surface area contributed by atoms with E-state index < -0.39 is 0 Å². The number of hydrogen-bond donors (Lipinski definition) is 1. The van der Waals surface area contributed by atoms with Crippen LogP contribution in [0.1, 0.15) is 29.5 Å². The van der Waals surface area contributed by atoms with Crippen LogP contribution in [0.25, 0.3) is 0 Å². The summed E-state index contributed by atoms with van der Waals surface area (Å²) in [6.07, 6.45) is 0. The summed E-state index contributed by atoms with van der Waals surface area (Å²) in [5, 5.41) is 8.71. The molecule has 1 aliphatic rings. The van der Waals surface area contributed by atoms with Gasteiger partial charge in [-0.15, -0.1) is 0 Å². The first kappa shape index (κ1) is 21.1. The van der Waals surface area contributed by atoms with Crippen molar-refractivity contribution in [1.29, 1.82) is 5.41 Å². The summed E-state index contributed by atoms with van der Waals surface area (Å²) in [6.45, 7) is 7.65. The van der Waals surface area contributed by atoms with Crippen molar-refractivity contribution in [3.63, 3.8) is 0 Å². The van der Waals surface area contributed by atoms with E-state index in [2.05, 4.69) is 59.2 Å². The molecule has 0 aromatic heterocycles. The third kappa shape index (κ3) is 5.74. The lowest BCUT2D eigenvalue weighted by atomic mass is 10.0. The van der Waals surface area contributed by atoms with E-state index in [1.165, 1.54) is 5.56 Å². The Morgan fingerprint density at radius 1 is 0.871 bits per heavy atom. The van der Waals surface area contributed by atoms with E-state index in [4.69, 9.17) is 10.1 Å². The van der Waals surface area contributed by atoms with Crippen molar-refractivity contribution in [2.24, 2.45) is 0 Å². The average molecular weight is 414 g/mol. The van der Waals surface area contributed by atoms with Crippen LogP contribution in [0.3, 0.4) is 0 Å². The fourth-order valence-electron chi connectivity index (χ4n) is 4.08. The van der Waals surface area contributed by atoms with E-state index in [-0.39, 0.29) is 0 Å². The smallest absolute Gasteiger partial charge is 0.128 e. The first-order valence-electron chi connectivity index (χ1n) is 11.1. The molecule has 1 atom stereocenters. The molecule has 3 aromatic carbocycles. The van der Waals surface area contributed by atoms with Gasteiger partial charge >= 0.3 is 0 Å². The van der Waals surface area contributed by atoms with Gasteiger partial charge in [0.1, 0.15) is 18.2 Å². The number of nitrogens with one attached hydrogen (secondary N) is 1. The van der Waals surface area contributed by atoms with Crippen molar-refractivity contribution in [3.05, 3.63) is 102 Å². The van der Waals surface area contributed by atoms with Gasteiger partial charge in [-0.1, -0.05) is 79.7 Å². The number of piperazine rings is 1. The first-order chi connectivity index (χ1) is 15.2. The second kappa shape index (κ2) is 10.3. The Kier molecular flexibility index (Phi) is 7.00. The van der Waals surface area contributed by atoms with Crippen molar-refractivity contribution >= 4 is 5.84 Å². The summed E-state index contributed by atoms with van der Waals surface area (Å²) in [5.74, 6) is 1.91. The molecule has 0 bridgehead atoms. The molecule has 4 heteroatoms. The minimum atomic E-state index is 0.519. The number of ether oxygens (including phenoxy) is 1. The number of hydrogen-bond acceptors (Lipinski definition) is 3. The van der Waals surface area contributed by atoms with Gasteiger partial charge in [0.2, 0.25) is 0 Å². The molecule has 0 aliphatic carbocycles. The minimum Gasteiger partial charge on any atom is -0.489 e. The molecule has 1 fully saturated rings. The molecule has 0 amide bonds. The van der Waals surface area contributed by atoms with Crippen molar-refractivity contribution in [1.82, 2.24) is 9.80 Å². The molecule has 1 unspecified atom stereocenters. The third-order valence-corrected chi connectivity index (χ3v) is 5.94. The zero-order valence-corrected chi connectivity index (χ0v) is 18.2. The molecule has 3 aromatic rings.